The molecule has 2 aliphatic rings. The van der Waals surface area contributed by atoms with Crippen LogP contribution in [0.15, 0.2) is 24.3 Å². The minimum Gasteiger partial charge on any atom is -0.378 e. The van der Waals surface area contributed by atoms with E-state index in [0.717, 1.165) is 30.7 Å². The Morgan fingerprint density at radius 1 is 1.03 bits per heavy atom. The molecule has 0 aromatic heterocycles. The summed E-state index contributed by atoms with van der Waals surface area (Å²) >= 11 is 0. The van der Waals surface area contributed by atoms with Gasteiger partial charge < -0.3 is 25.2 Å². The van der Waals surface area contributed by atoms with Crippen molar-refractivity contribution in [2.45, 2.75) is 51.2 Å². The van der Waals surface area contributed by atoms with Gasteiger partial charge in [-0.15, -0.1) is 0 Å². The average molecular weight is 417 g/mol. The van der Waals surface area contributed by atoms with Gasteiger partial charge >= 0.3 is 6.03 Å². The molecule has 0 radical (unpaired) electrons. The smallest absolute Gasteiger partial charge is 0.315 e. The van der Waals surface area contributed by atoms with Crippen molar-refractivity contribution in [3.63, 3.8) is 0 Å². The quantitative estimate of drug-likeness (QED) is 0.649. The van der Waals surface area contributed by atoms with E-state index in [1.165, 1.54) is 25.7 Å². The number of amides is 3. The molecule has 1 heterocycles. The van der Waals surface area contributed by atoms with Gasteiger partial charge in [0.1, 0.15) is 0 Å². The van der Waals surface area contributed by atoms with Crippen LogP contribution in [0.25, 0.3) is 0 Å². The van der Waals surface area contributed by atoms with E-state index in [4.69, 9.17) is 4.74 Å². The molecule has 0 spiro atoms. The Balaban J connectivity index is 1.52. The van der Waals surface area contributed by atoms with Crippen molar-refractivity contribution in [1.82, 2.24) is 15.5 Å². The second-order valence-electron chi connectivity index (χ2n) is 8.68. The van der Waals surface area contributed by atoms with E-state index in [-0.39, 0.29) is 24.6 Å². The number of carbonyl (C=O) groups excluding carboxylic acids is 2. The van der Waals surface area contributed by atoms with Gasteiger partial charge in [-0.25, -0.2) is 4.79 Å². The topological polar surface area (TPSA) is 73.9 Å². The monoisotopic (exact) mass is 416 g/mol. The number of hydrogen-bond acceptors (Lipinski definition) is 4. The third-order valence-corrected chi connectivity index (χ3v) is 6.05. The molecule has 166 valence electrons. The van der Waals surface area contributed by atoms with Gasteiger partial charge in [-0.3, -0.25) is 4.79 Å². The van der Waals surface area contributed by atoms with Gasteiger partial charge in [-0.05, 0) is 49.3 Å². The first-order valence-electron chi connectivity index (χ1n) is 11.2. The van der Waals surface area contributed by atoms with E-state index < -0.39 is 0 Å². The molecule has 0 bridgehead atoms. The Morgan fingerprint density at radius 3 is 2.40 bits per heavy atom. The number of anilines is 1. The van der Waals surface area contributed by atoms with Crippen molar-refractivity contribution in [2.24, 2.45) is 5.92 Å². The zero-order valence-corrected chi connectivity index (χ0v) is 18.4. The van der Waals surface area contributed by atoms with Crippen LogP contribution in [0.5, 0.6) is 0 Å². The van der Waals surface area contributed by atoms with E-state index >= 15 is 0 Å². The molecular formula is C23H36N4O3. The molecule has 1 aliphatic carbocycles. The summed E-state index contributed by atoms with van der Waals surface area (Å²) in [5, 5.41) is 5.64. The summed E-state index contributed by atoms with van der Waals surface area (Å²) in [6, 6.07) is 7.94. The van der Waals surface area contributed by atoms with E-state index in [9.17, 15) is 9.59 Å². The highest BCUT2D eigenvalue weighted by Gasteiger charge is 2.23. The maximum absolute atomic E-state index is 12.9. The van der Waals surface area contributed by atoms with Crippen LogP contribution in [-0.2, 0) is 16.1 Å². The predicted molar refractivity (Wildman–Crippen MR) is 119 cm³/mol. The lowest BCUT2D eigenvalue weighted by molar-refractivity contribution is -0.132. The summed E-state index contributed by atoms with van der Waals surface area (Å²) in [6.45, 7) is 2.51. The van der Waals surface area contributed by atoms with Crippen molar-refractivity contribution >= 4 is 17.6 Å². The van der Waals surface area contributed by atoms with Crippen LogP contribution in [0.3, 0.4) is 0 Å². The molecule has 1 aromatic rings. The van der Waals surface area contributed by atoms with Crippen molar-refractivity contribution in [1.29, 1.82) is 0 Å². The number of rotatable bonds is 9. The zero-order chi connectivity index (χ0) is 21.3. The van der Waals surface area contributed by atoms with Crippen molar-refractivity contribution < 1.29 is 14.3 Å². The normalized spacial score (nSPS) is 18.9. The van der Waals surface area contributed by atoms with Crippen LogP contribution in [0.2, 0.25) is 0 Å². The number of urea groups is 1. The molecule has 1 saturated heterocycles. The minimum atomic E-state index is -0.261. The first-order valence-corrected chi connectivity index (χ1v) is 11.2. The fourth-order valence-electron chi connectivity index (χ4n) is 4.19. The highest BCUT2D eigenvalue weighted by atomic mass is 16.5. The van der Waals surface area contributed by atoms with Gasteiger partial charge in [0, 0.05) is 46.0 Å². The Hall–Kier alpha value is -2.28. The fraction of sp³-hybridized carbons (Fsp3) is 0.652. The molecule has 30 heavy (non-hydrogen) atoms. The Labute approximate surface area is 180 Å². The predicted octanol–water partition coefficient (Wildman–Crippen LogP) is 2.75. The number of benzene rings is 1. The summed E-state index contributed by atoms with van der Waals surface area (Å²) in [4.78, 5) is 28.9. The first-order chi connectivity index (χ1) is 14.5. The summed E-state index contributed by atoms with van der Waals surface area (Å²) in [7, 11) is 4.01. The van der Waals surface area contributed by atoms with Gasteiger partial charge in [0.25, 0.3) is 0 Å². The summed E-state index contributed by atoms with van der Waals surface area (Å²) in [6.07, 6.45) is 6.94. The first kappa shape index (κ1) is 22.4. The minimum absolute atomic E-state index is 0.000991. The molecule has 1 aliphatic heterocycles. The molecule has 2 fully saturated rings. The summed E-state index contributed by atoms with van der Waals surface area (Å²) in [5.41, 5.74) is 2.19. The van der Waals surface area contributed by atoms with E-state index in [1.54, 1.807) is 4.90 Å². The van der Waals surface area contributed by atoms with Gasteiger partial charge in [-0.1, -0.05) is 25.0 Å². The molecule has 1 saturated carbocycles. The second kappa shape index (κ2) is 11.2. The lowest BCUT2D eigenvalue weighted by Crippen LogP contribution is -2.46. The second-order valence-corrected chi connectivity index (χ2v) is 8.68. The molecule has 7 nitrogen and oxygen atoms in total. The molecule has 1 aromatic carbocycles. The lowest BCUT2D eigenvalue weighted by atomic mass is 10.1. The SMILES string of the molecule is CN(C)c1ccc(CN(CC2CCCO2)C(=O)CNC(=O)NCC2CCCC2)cc1. The maximum Gasteiger partial charge on any atom is 0.315 e. The van der Waals surface area contributed by atoms with Gasteiger partial charge in [0.15, 0.2) is 0 Å². The molecule has 1 atom stereocenters. The molecule has 7 heteroatoms. The van der Waals surface area contributed by atoms with Crippen molar-refractivity contribution in [3.05, 3.63) is 29.8 Å². The number of nitrogens with one attached hydrogen (secondary N) is 2. The third kappa shape index (κ3) is 6.90. The molecule has 1 unspecified atom stereocenters. The largest absolute Gasteiger partial charge is 0.378 e. The number of ether oxygens (including phenoxy) is 1. The van der Waals surface area contributed by atoms with Gasteiger partial charge in [0.2, 0.25) is 5.91 Å². The van der Waals surface area contributed by atoms with Crippen LogP contribution in [0, 0.1) is 5.92 Å². The number of nitrogens with zero attached hydrogens (tertiary/aromatic N) is 2. The molecule has 3 amide bonds. The standard InChI is InChI=1S/C23H36N4O3/c1-26(2)20-11-9-19(10-12-20)16-27(17-21-8-5-13-30-21)22(28)15-25-23(29)24-14-18-6-3-4-7-18/h9-12,18,21H,3-8,13-17H2,1-2H3,(H2,24,25,29). The van der Waals surface area contributed by atoms with E-state index in [2.05, 4.69) is 22.8 Å². The van der Waals surface area contributed by atoms with E-state index in [1.807, 2.05) is 31.1 Å². The van der Waals surface area contributed by atoms with Crippen molar-refractivity contribution in [3.8, 4) is 0 Å². The van der Waals surface area contributed by atoms with Crippen LogP contribution in [-0.4, -0.2) is 63.3 Å². The van der Waals surface area contributed by atoms with Crippen LogP contribution in [0.1, 0.15) is 44.1 Å². The third-order valence-electron chi connectivity index (χ3n) is 6.05. The zero-order valence-electron chi connectivity index (χ0n) is 18.4. The lowest BCUT2D eigenvalue weighted by Gasteiger charge is -2.26. The Morgan fingerprint density at radius 2 is 1.77 bits per heavy atom. The summed E-state index contributed by atoms with van der Waals surface area (Å²) < 4.78 is 5.74. The number of hydrogen-bond donors (Lipinski definition) is 2. The Bertz CT molecular complexity index is 680. The highest BCUT2D eigenvalue weighted by Crippen LogP contribution is 2.23. The van der Waals surface area contributed by atoms with Crippen LogP contribution < -0.4 is 15.5 Å². The number of carbonyl (C=O) groups is 2. The molecular weight excluding hydrogens is 380 g/mol. The molecule has 3 rings (SSSR count). The fourth-order valence-corrected chi connectivity index (χ4v) is 4.19. The Kier molecular flexibility index (Phi) is 8.37. The summed E-state index contributed by atoms with van der Waals surface area (Å²) in [5.74, 6) is 0.491. The van der Waals surface area contributed by atoms with Gasteiger partial charge in [-0.2, -0.15) is 0 Å². The van der Waals surface area contributed by atoms with Gasteiger partial charge in [0.05, 0.1) is 12.6 Å². The average Bonchev–Trinajstić information content (AvgIpc) is 3.44. The van der Waals surface area contributed by atoms with Crippen LogP contribution >= 0.6 is 0 Å². The molecule has 2 N–H and O–H groups in total. The highest BCUT2D eigenvalue weighted by molar-refractivity contribution is 5.84. The van der Waals surface area contributed by atoms with Crippen LogP contribution in [0.4, 0.5) is 10.5 Å². The maximum atomic E-state index is 12.9. The van der Waals surface area contributed by atoms with Crippen molar-refractivity contribution in [2.75, 3.05) is 45.2 Å². The van der Waals surface area contributed by atoms with E-state index in [0.29, 0.717) is 25.6 Å².